The van der Waals surface area contributed by atoms with Crippen LogP contribution in [0.25, 0.3) is 10.8 Å². The minimum atomic E-state index is 0.148. The molecule has 0 aromatic heterocycles. The Labute approximate surface area is 125 Å². The monoisotopic (exact) mass is 299 g/mol. The Hall–Kier alpha value is -1.84. The summed E-state index contributed by atoms with van der Waals surface area (Å²) in [5.41, 5.74) is 2.03. The Morgan fingerprint density at radius 1 is 0.950 bits per heavy atom. The molecule has 0 saturated carbocycles. The van der Waals surface area contributed by atoms with E-state index in [9.17, 15) is 5.11 Å². The number of fused-ring (bicyclic) bond motifs is 4. The smallest absolute Gasteiger partial charge is 0.143 e. The van der Waals surface area contributed by atoms with Crippen molar-refractivity contribution in [3.63, 3.8) is 0 Å². The lowest BCUT2D eigenvalue weighted by Gasteiger charge is -2.24. The van der Waals surface area contributed by atoms with Crippen molar-refractivity contribution >= 4 is 45.5 Å². The summed E-state index contributed by atoms with van der Waals surface area (Å²) in [6.45, 7) is 0. The fourth-order valence-electron chi connectivity index (χ4n) is 2.49. The second-order valence-electron chi connectivity index (χ2n) is 4.64. The van der Waals surface area contributed by atoms with Gasteiger partial charge in [0.2, 0.25) is 0 Å². The van der Waals surface area contributed by atoms with Crippen LogP contribution in [0.5, 0.6) is 5.75 Å². The fraction of sp³-hybridized carbons (Fsp3) is 0. The zero-order chi connectivity index (χ0) is 13.7. The molecule has 4 rings (SSSR count). The first kappa shape index (κ1) is 11.9. The van der Waals surface area contributed by atoms with Gasteiger partial charge >= 0.3 is 0 Å². The molecule has 0 radical (unpaired) electrons. The van der Waals surface area contributed by atoms with Crippen LogP contribution in [0.3, 0.4) is 0 Å². The number of rotatable bonds is 0. The van der Waals surface area contributed by atoms with Crippen LogP contribution >= 0.6 is 23.4 Å². The van der Waals surface area contributed by atoms with Crippen molar-refractivity contribution in [1.29, 1.82) is 0 Å². The van der Waals surface area contributed by atoms with Crippen LogP contribution in [0, 0.1) is 0 Å². The summed E-state index contributed by atoms with van der Waals surface area (Å²) in [4.78, 5) is 1.98. The molecule has 0 unspecified atom stereocenters. The maximum Gasteiger partial charge on any atom is 0.143 e. The van der Waals surface area contributed by atoms with Gasteiger partial charge < -0.3 is 10.4 Å². The summed E-state index contributed by atoms with van der Waals surface area (Å²) in [6, 6.07) is 15.8. The molecule has 1 heterocycles. The molecule has 0 bridgehead atoms. The largest absolute Gasteiger partial charge is 0.506 e. The number of nitrogens with one attached hydrogen (secondary N) is 1. The summed E-state index contributed by atoms with van der Waals surface area (Å²) >= 11 is 7.93. The number of hydrogen-bond acceptors (Lipinski definition) is 3. The van der Waals surface area contributed by atoms with Crippen LogP contribution in [0.1, 0.15) is 0 Å². The summed E-state index contributed by atoms with van der Waals surface area (Å²) in [5.74, 6) is 0.148. The average Bonchev–Trinajstić information content (AvgIpc) is 2.51. The lowest BCUT2D eigenvalue weighted by molar-refractivity contribution is 0.480. The summed E-state index contributed by atoms with van der Waals surface area (Å²) in [5, 5.41) is 15.9. The first-order chi connectivity index (χ1) is 9.75. The molecule has 0 saturated heterocycles. The number of aromatic hydroxyl groups is 1. The van der Waals surface area contributed by atoms with Crippen LogP contribution in [-0.4, -0.2) is 5.11 Å². The fourth-order valence-corrected chi connectivity index (χ4v) is 3.85. The predicted octanol–water partition coefficient (Wildman–Crippen LogP) is 5.41. The average molecular weight is 300 g/mol. The van der Waals surface area contributed by atoms with Crippen molar-refractivity contribution < 1.29 is 5.11 Å². The minimum absolute atomic E-state index is 0.148. The maximum atomic E-state index is 10.3. The third-order valence-electron chi connectivity index (χ3n) is 3.44. The normalized spacial score (nSPS) is 12.7. The molecule has 0 fully saturated rings. The zero-order valence-corrected chi connectivity index (χ0v) is 11.9. The highest BCUT2D eigenvalue weighted by Gasteiger charge is 2.23. The van der Waals surface area contributed by atoms with Crippen LogP contribution in [0.15, 0.2) is 58.3 Å². The zero-order valence-electron chi connectivity index (χ0n) is 10.4. The summed E-state index contributed by atoms with van der Waals surface area (Å²) in [6.07, 6.45) is 0. The van der Waals surface area contributed by atoms with Gasteiger partial charge in [0.1, 0.15) is 5.75 Å². The highest BCUT2D eigenvalue weighted by atomic mass is 35.5. The van der Waals surface area contributed by atoms with Crippen molar-refractivity contribution in [3.8, 4) is 5.75 Å². The molecule has 1 aliphatic rings. The molecular formula is C16H10ClNOS. The van der Waals surface area contributed by atoms with E-state index in [0.29, 0.717) is 5.02 Å². The molecule has 4 heteroatoms. The van der Waals surface area contributed by atoms with Gasteiger partial charge in [0.15, 0.2) is 0 Å². The van der Waals surface area contributed by atoms with E-state index < -0.39 is 0 Å². The van der Waals surface area contributed by atoms with Gasteiger partial charge in [-0.05, 0) is 12.1 Å². The lowest BCUT2D eigenvalue weighted by atomic mass is 10.1. The van der Waals surface area contributed by atoms with Crippen molar-refractivity contribution in [1.82, 2.24) is 0 Å². The molecule has 98 valence electrons. The summed E-state index contributed by atoms with van der Waals surface area (Å²) in [7, 11) is 0. The molecule has 0 aliphatic carbocycles. The second kappa shape index (κ2) is 4.33. The third kappa shape index (κ3) is 1.60. The number of halogens is 1. The topological polar surface area (TPSA) is 32.3 Å². The van der Waals surface area contributed by atoms with Gasteiger partial charge in [-0.2, -0.15) is 0 Å². The van der Waals surface area contributed by atoms with Gasteiger partial charge in [-0.25, -0.2) is 0 Å². The SMILES string of the molecule is Oc1c(Cl)c2c(c3ccccc13)Nc1ccccc1S2. The molecule has 20 heavy (non-hydrogen) atoms. The molecule has 2 nitrogen and oxygen atoms in total. The molecule has 3 aromatic rings. The van der Waals surface area contributed by atoms with Gasteiger partial charge in [0, 0.05) is 15.7 Å². The lowest BCUT2D eigenvalue weighted by Crippen LogP contribution is -2.01. The van der Waals surface area contributed by atoms with Gasteiger partial charge in [0.25, 0.3) is 0 Å². The van der Waals surface area contributed by atoms with Crippen molar-refractivity contribution in [3.05, 3.63) is 53.6 Å². The summed E-state index contributed by atoms with van der Waals surface area (Å²) < 4.78 is 0. The van der Waals surface area contributed by atoms with Crippen LogP contribution < -0.4 is 5.32 Å². The standard InChI is InChI=1S/C16H10ClNOS/c17-13-15(19)10-6-2-1-5-9(10)14-16(13)20-12-8-4-3-7-11(12)18-14/h1-8,18-19H. The number of para-hydroxylation sites is 1. The van der Waals surface area contributed by atoms with Gasteiger partial charge in [-0.15, -0.1) is 0 Å². The van der Waals surface area contributed by atoms with E-state index >= 15 is 0 Å². The number of anilines is 2. The Morgan fingerprint density at radius 3 is 2.50 bits per heavy atom. The first-order valence-corrected chi connectivity index (χ1v) is 7.42. The van der Waals surface area contributed by atoms with E-state index in [1.54, 1.807) is 11.8 Å². The van der Waals surface area contributed by atoms with Crippen LogP contribution in [0.4, 0.5) is 11.4 Å². The first-order valence-electron chi connectivity index (χ1n) is 6.23. The molecule has 1 aliphatic heterocycles. The number of hydrogen-bond donors (Lipinski definition) is 2. The predicted molar refractivity (Wildman–Crippen MR) is 84.5 cm³/mol. The van der Waals surface area contributed by atoms with Crippen molar-refractivity contribution in [2.24, 2.45) is 0 Å². The molecule has 0 amide bonds. The second-order valence-corrected chi connectivity index (χ2v) is 6.07. The number of benzene rings is 3. The minimum Gasteiger partial charge on any atom is -0.506 e. The Balaban J connectivity index is 2.06. The van der Waals surface area contributed by atoms with E-state index in [1.807, 2.05) is 48.5 Å². The van der Waals surface area contributed by atoms with E-state index in [0.717, 1.165) is 31.9 Å². The molecular weight excluding hydrogens is 290 g/mol. The molecule has 2 N–H and O–H groups in total. The molecule has 3 aromatic carbocycles. The van der Waals surface area contributed by atoms with E-state index in [4.69, 9.17) is 11.6 Å². The Bertz CT molecular complexity index is 847. The maximum absolute atomic E-state index is 10.3. The molecule has 0 spiro atoms. The number of phenolic OH excluding ortho intramolecular Hbond substituents is 1. The van der Waals surface area contributed by atoms with Crippen LogP contribution in [-0.2, 0) is 0 Å². The third-order valence-corrected chi connectivity index (χ3v) is 5.11. The van der Waals surface area contributed by atoms with Crippen molar-refractivity contribution in [2.75, 3.05) is 5.32 Å². The van der Waals surface area contributed by atoms with E-state index in [2.05, 4.69) is 5.32 Å². The Kier molecular flexibility index (Phi) is 2.59. The van der Waals surface area contributed by atoms with Gasteiger partial charge in [-0.3, -0.25) is 0 Å². The van der Waals surface area contributed by atoms with Gasteiger partial charge in [0.05, 0.1) is 21.3 Å². The van der Waals surface area contributed by atoms with Crippen molar-refractivity contribution in [2.45, 2.75) is 9.79 Å². The Morgan fingerprint density at radius 2 is 1.65 bits per heavy atom. The molecule has 0 atom stereocenters. The highest BCUT2D eigenvalue weighted by molar-refractivity contribution is 8.00. The highest BCUT2D eigenvalue weighted by Crippen LogP contribution is 2.53. The quantitative estimate of drug-likeness (QED) is 0.426. The van der Waals surface area contributed by atoms with Gasteiger partial charge in [-0.1, -0.05) is 59.8 Å². The van der Waals surface area contributed by atoms with E-state index in [-0.39, 0.29) is 5.75 Å². The number of phenols is 1. The van der Waals surface area contributed by atoms with Crippen LogP contribution in [0.2, 0.25) is 5.02 Å². The van der Waals surface area contributed by atoms with E-state index in [1.165, 1.54) is 0 Å².